The molecule has 64 valence electrons. The smallest absolute Gasteiger partial charge is 0.0204 e. The molecule has 0 radical (unpaired) electrons. The van der Waals surface area contributed by atoms with E-state index in [0.29, 0.717) is 0 Å². The van der Waals surface area contributed by atoms with Crippen molar-refractivity contribution < 1.29 is 0 Å². The molecule has 1 aliphatic carbocycles. The number of piperidine rings is 1. The SMILES string of the molecule is CC[C@H]1CCC2(CC2)CN1I. The molecule has 2 fully saturated rings. The lowest BCUT2D eigenvalue weighted by molar-refractivity contribution is 0.209. The van der Waals surface area contributed by atoms with Gasteiger partial charge in [0, 0.05) is 35.5 Å². The van der Waals surface area contributed by atoms with Crippen LogP contribution >= 0.6 is 22.9 Å². The van der Waals surface area contributed by atoms with Gasteiger partial charge in [-0.25, -0.2) is 3.11 Å². The van der Waals surface area contributed by atoms with Crippen LogP contribution in [0.15, 0.2) is 0 Å². The fraction of sp³-hybridized carbons (Fsp3) is 1.00. The van der Waals surface area contributed by atoms with Crippen molar-refractivity contribution in [2.75, 3.05) is 6.54 Å². The summed E-state index contributed by atoms with van der Waals surface area (Å²) in [6.07, 6.45) is 7.29. The molecule has 0 aromatic rings. The van der Waals surface area contributed by atoms with Crippen LogP contribution < -0.4 is 0 Å². The second-order valence-electron chi connectivity index (χ2n) is 4.16. The normalized spacial score (nSPS) is 36.0. The number of nitrogens with zero attached hydrogens (tertiary/aromatic N) is 1. The first kappa shape index (κ1) is 8.30. The zero-order valence-electron chi connectivity index (χ0n) is 7.15. The summed E-state index contributed by atoms with van der Waals surface area (Å²) >= 11 is 2.52. The molecule has 1 nitrogen and oxygen atoms in total. The number of halogens is 1. The topological polar surface area (TPSA) is 3.24 Å². The monoisotopic (exact) mass is 265 g/mol. The largest absolute Gasteiger partial charge is 0.244 e. The van der Waals surface area contributed by atoms with E-state index in [1.165, 1.54) is 38.6 Å². The van der Waals surface area contributed by atoms with E-state index >= 15 is 0 Å². The Labute approximate surface area is 83.0 Å². The van der Waals surface area contributed by atoms with Gasteiger partial charge in [-0.15, -0.1) is 0 Å². The minimum Gasteiger partial charge on any atom is -0.244 e. The van der Waals surface area contributed by atoms with Gasteiger partial charge in [-0.1, -0.05) is 6.92 Å². The zero-order chi connectivity index (χ0) is 7.90. The van der Waals surface area contributed by atoms with Crippen LogP contribution in [0.3, 0.4) is 0 Å². The molecule has 0 aromatic carbocycles. The summed E-state index contributed by atoms with van der Waals surface area (Å²) in [5.74, 6) is 0. The van der Waals surface area contributed by atoms with E-state index in [1.54, 1.807) is 0 Å². The molecule has 1 saturated heterocycles. The third-order valence-electron chi connectivity index (χ3n) is 3.32. The molecule has 1 heterocycles. The lowest BCUT2D eigenvalue weighted by atomic mass is 9.91. The van der Waals surface area contributed by atoms with Crippen molar-refractivity contribution in [3.63, 3.8) is 0 Å². The number of hydrogen-bond donors (Lipinski definition) is 0. The van der Waals surface area contributed by atoms with Crippen molar-refractivity contribution >= 4 is 22.9 Å². The molecule has 2 aliphatic rings. The Bertz CT molecular complexity index is 154. The Morgan fingerprint density at radius 3 is 2.64 bits per heavy atom. The Morgan fingerprint density at radius 2 is 2.18 bits per heavy atom. The predicted octanol–water partition coefficient (Wildman–Crippen LogP) is 2.99. The van der Waals surface area contributed by atoms with Crippen LogP contribution in [0.25, 0.3) is 0 Å². The third kappa shape index (κ3) is 1.57. The van der Waals surface area contributed by atoms with Crippen molar-refractivity contribution in [3.05, 3.63) is 0 Å². The second kappa shape index (κ2) is 2.87. The first-order chi connectivity index (χ1) is 5.26. The molecular formula is C9H16IN. The molecule has 1 saturated carbocycles. The minimum absolute atomic E-state index is 0.798. The first-order valence-electron chi connectivity index (χ1n) is 4.68. The lowest BCUT2D eigenvalue weighted by Gasteiger charge is -2.35. The summed E-state index contributed by atoms with van der Waals surface area (Å²) in [7, 11) is 0. The molecular weight excluding hydrogens is 249 g/mol. The van der Waals surface area contributed by atoms with Gasteiger partial charge in [-0.05, 0) is 37.5 Å². The van der Waals surface area contributed by atoms with E-state index in [-0.39, 0.29) is 0 Å². The standard InChI is InChI=1S/C9H16IN/c1-2-8-3-4-9(5-6-9)7-11(8)10/h8H,2-7H2,1H3/t8-/m0/s1. The molecule has 0 N–H and O–H groups in total. The van der Waals surface area contributed by atoms with E-state index in [1.807, 2.05) is 0 Å². The van der Waals surface area contributed by atoms with Gasteiger partial charge in [0.1, 0.15) is 0 Å². The Hall–Kier alpha value is 0.690. The number of rotatable bonds is 1. The fourth-order valence-corrected chi connectivity index (χ4v) is 3.52. The summed E-state index contributed by atoms with van der Waals surface area (Å²) in [6.45, 7) is 3.67. The van der Waals surface area contributed by atoms with Gasteiger partial charge in [-0.3, -0.25) is 0 Å². The van der Waals surface area contributed by atoms with Crippen molar-refractivity contribution in [3.8, 4) is 0 Å². The highest BCUT2D eigenvalue weighted by Crippen LogP contribution is 2.53. The second-order valence-corrected chi connectivity index (χ2v) is 5.40. The molecule has 0 amide bonds. The quantitative estimate of drug-likeness (QED) is 0.520. The maximum absolute atomic E-state index is 2.55. The highest BCUT2D eigenvalue weighted by atomic mass is 127. The van der Waals surface area contributed by atoms with Crippen LogP contribution in [0, 0.1) is 5.41 Å². The van der Waals surface area contributed by atoms with Gasteiger partial charge in [0.2, 0.25) is 0 Å². The molecule has 0 aromatic heterocycles. The maximum atomic E-state index is 2.55. The minimum atomic E-state index is 0.798. The molecule has 0 bridgehead atoms. The van der Waals surface area contributed by atoms with E-state index in [0.717, 1.165) is 11.5 Å². The van der Waals surface area contributed by atoms with Crippen LogP contribution in [-0.2, 0) is 0 Å². The predicted molar refractivity (Wildman–Crippen MR) is 55.7 cm³/mol. The van der Waals surface area contributed by atoms with Gasteiger partial charge in [0.25, 0.3) is 0 Å². The lowest BCUT2D eigenvalue weighted by Crippen LogP contribution is -2.37. The van der Waals surface area contributed by atoms with Gasteiger partial charge in [0.15, 0.2) is 0 Å². The number of hydrogen-bond acceptors (Lipinski definition) is 1. The fourth-order valence-electron chi connectivity index (χ4n) is 2.13. The van der Waals surface area contributed by atoms with Crippen molar-refractivity contribution in [2.24, 2.45) is 5.41 Å². The third-order valence-corrected chi connectivity index (χ3v) is 4.45. The summed E-state index contributed by atoms with van der Waals surface area (Å²) in [5, 5.41) is 0. The molecule has 1 aliphatic heterocycles. The van der Waals surface area contributed by atoms with E-state index in [9.17, 15) is 0 Å². The highest BCUT2D eigenvalue weighted by Gasteiger charge is 2.46. The summed E-state index contributed by atoms with van der Waals surface area (Å²) < 4.78 is 2.55. The zero-order valence-corrected chi connectivity index (χ0v) is 9.30. The molecule has 0 unspecified atom stereocenters. The Balaban J connectivity index is 1.94. The average Bonchev–Trinajstić information content (AvgIpc) is 2.70. The van der Waals surface area contributed by atoms with Gasteiger partial charge in [0.05, 0.1) is 0 Å². The van der Waals surface area contributed by atoms with E-state index in [2.05, 4.69) is 32.9 Å². The van der Waals surface area contributed by atoms with Gasteiger partial charge >= 0.3 is 0 Å². The summed E-state index contributed by atoms with van der Waals surface area (Å²) in [4.78, 5) is 0. The Kier molecular flexibility index (Phi) is 2.17. The summed E-state index contributed by atoms with van der Waals surface area (Å²) in [5.41, 5.74) is 0.798. The average molecular weight is 265 g/mol. The van der Waals surface area contributed by atoms with Crippen molar-refractivity contribution in [1.82, 2.24) is 3.11 Å². The first-order valence-corrected chi connectivity index (χ1v) is 5.65. The van der Waals surface area contributed by atoms with Crippen molar-refractivity contribution in [1.29, 1.82) is 0 Å². The van der Waals surface area contributed by atoms with Gasteiger partial charge < -0.3 is 0 Å². The molecule has 2 heteroatoms. The maximum Gasteiger partial charge on any atom is 0.0204 e. The van der Waals surface area contributed by atoms with Crippen LogP contribution in [0.2, 0.25) is 0 Å². The molecule has 1 spiro atoms. The van der Waals surface area contributed by atoms with E-state index < -0.39 is 0 Å². The highest BCUT2D eigenvalue weighted by molar-refractivity contribution is 14.1. The Morgan fingerprint density at radius 1 is 1.45 bits per heavy atom. The van der Waals surface area contributed by atoms with Crippen LogP contribution in [0.1, 0.15) is 39.0 Å². The van der Waals surface area contributed by atoms with Crippen LogP contribution in [0.5, 0.6) is 0 Å². The molecule has 11 heavy (non-hydrogen) atoms. The van der Waals surface area contributed by atoms with Crippen LogP contribution in [0.4, 0.5) is 0 Å². The van der Waals surface area contributed by atoms with Gasteiger partial charge in [-0.2, -0.15) is 0 Å². The summed E-state index contributed by atoms with van der Waals surface area (Å²) in [6, 6.07) is 0.877. The molecule has 1 atom stereocenters. The molecule has 2 rings (SSSR count). The van der Waals surface area contributed by atoms with Crippen LogP contribution in [-0.4, -0.2) is 15.7 Å². The van der Waals surface area contributed by atoms with Crippen molar-refractivity contribution in [2.45, 2.75) is 45.1 Å². The van der Waals surface area contributed by atoms with E-state index in [4.69, 9.17) is 0 Å².